The van der Waals surface area contributed by atoms with E-state index in [-0.39, 0.29) is 34.5 Å². The van der Waals surface area contributed by atoms with Crippen molar-refractivity contribution in [3.63, 3.8) is 0 Å². The van der Waals surface area contributed by atoms with E-state index in [9.17, 15) is 10.1 Å². The molecule has 1 aliphatic rings. The van der Waals surface area contributed by atoms with Gasteiger partial charge in [0.2, 0.25) is 0 Å². The summed E-state index contributed by atoms with van der Waals surface area (Å²) in [6.45, 7) is 6.39. The SMILES string of the molecule is COc1cc(CN2CCC(N)C(C)(C)C2)c([N+](=O)[O-])cc1OC.Cl. The fourth-order valence-corrected chi connectivity index (χ4v) is 3.07. The molecular weight excluding hydrogens is 334 g/mol. The van der Waals surface area contributed by atoms with Gasteiger partial charge in [-0.15, -0.1) is 12.4 Å². The Labute approximate surface area is 148 Å². The Morgan fingerprint density at radius 1 is 1.33 bits per heavy atom. The molecule has 0 radical (unpaired) electrons. The number of halogens is 1. The molecule has 1 fully saturated rings. The van der Waals surface area contributed by atoms with Crippen LogP contribution in [0.3, 0.4) is 0 Å². The zero-order valence-corrected chi connectivity index (χ0v) is 15.4. The van der Waals surface area contributed by atoms with Crippen LogP contribution in [0.25, 0.3) is 0 Å². The number of methoxy groups -OCH3 is 2. The third-order valence-corrected chi connectivity index (χ3v) is 4.57. The normalized spacial score (nSPS) is 20.1. The molecule has 1 aliphatic heterocycles. The van der Waals surface area contributed by atoms with Crippen molar-refractivity contribution >= 4 is 18.1 Å². The summed E-state index contributed by atoms with van der Waals surface area (Å²) in [5.41, 5.74) is 6.82. The van der Waals surface area contributed by atoms with E-state index in [2.05, 4.69) is 18.7 Å². The number of rotatable bonds is 5. The number of nitrogens with two attached hydrogens (primary N) is 1. The van der Waals surface area contributed by atoms with E-state index in [1.54, 1.807) is 6.07 Å². The molecule has 8 heteroatoms. The minimum Gasteiger partial charge on any atom is -0.493 e. The van der Waals surface area contributed by atoms with Gasteiger partial charge in [-0.25, -0.2) is 0 Å². The van der Waals surface area contributed by atoms with Gasteiger partial charge in [0.1, 0.15) is 0 Å². The summed E-state index contributed by atoms with van der Waals surface area (Å²) in [6.07, 6.45) is 0.883. The van der Waals surface area contributed by atoms with Gasteiger partial charge in [-0.05, 0) is 17.9 Å². The van der Waals surface area contributed by atoms with Crippen molar-refractivity contribution < 1.29 is 14.4 Å². The van der Waals surface area contributed by atoms with Gasteiger partial charge >= 0.3 is 0 Å². The molecule has 0 aliphatic carbocycles. The average Bonchev–Trinajstić information content (AvgIpc) is 2.49. The first-order valence-corrected chi connectivity index (χ1v) is 7.65. The highest BCUT2D eigenvalue weighted by Gasteiger charge is 2.34. The molecule has 0 aromatic heterocycles. The van der Waals surface area contributed by atoms with Crippen LogP contribution in [-0.2, 0) is 6.54 Å². The Morgan fingerprint density at radius 2 is 1.92 bits per heavy atom. The maximum Gasteiger partial charge on any atom is 0.277 e. The lowest BCUT2D eigenvalue weighted by atomic mass is 9.79. The van der Waals surface area contributed by atoms with Crippen molar-refractivity contribution in [1.29, 1.82) is 0 Å². The quantitative estimate of drug-likeness (QED) is 0.641. The van der Waals surface area contributed by atoms with E-state index in [0.717, 1.165) is 19.5 Å². The number of ether oxygens (including phenoxy) is 2. The van der Waals surface area contributed by atoms with Gasteiger partial charge in [-0.2, -0.15) is 0 Å². The Morgan fingerprint density at radius 3 is 2.42 bits per heavy atom. The number of piperidine rings is 1. The minimum atomic E-state index is -0.377. The van der Waals surface area contributed by atoms with Crippen LogP contribution in [0.4, 0.5) is 5.69 Å². The summed E-state index contributed by atoms with van der Waals surface area (Å²) in [4.78, 5) is 13.2. The van der Waals surface area contributed by atoms with Gasteiger partial charge in [0, 0.05) is 31.2 Å². The monoisotopic (exact) mass is 359 g/mol. The van der Waals surface area contributed by atoms with Crippen LogP contribution < -0.4 is 15.2 Å². The van der Waals surface area contributed by atoms with E-state index < -0.39 is 0 Å². The third-order valence-electron chi connectivity index (χ3n) is 4.57. The number of benzene rings is 1. The summed E-state index contributed by atoms with van der Waals surface area (Å²) >= 11 is 0. The predicted octanol–water partition coefficient (Wildman–Crippen LogP) is 2.59. The standard InChI is InChI=1S/C16H25N3O4.ClH/c1-16(2)10-18(6-5-15(16)17)9-11-7-13(22-3)14(23-4)8-12(11)19(20)21;/h7-8,15H,5-6,9-10,17H2,1-4H3;1H. The van der Waals surface area contributed by atoms with Crippen molar-refractivity contribution in [1.82, 2.24) is 4.90 Å². The smallest absolute Gasteiger partial charge is 0.277 e. The van der Waals surface area contributed by atoms with E-state index >= 15 is 0 Å². The lowest BCUT2D eigenvalue weighted by Crippen LogP contribution is -2.52. The fraction of sp³-hybridized carbons (Fsp3) is 0.625. The number of hydrogen-bond donors (Lipinski definition) is 1. The van der Waals surface area contributed by atoms with E-state index in [1.165, 1.54) is 20.3 Å². The van der Waals surface area contributed by atoms with Gasteiger partial charge in [0.05, 0.1) is 25.2 Å². The maximum absolute atomic E-state index is 11.4. The molecule has 1 atom stereocenters. The summed E-state index contributed by atoms with van der Waals surface area (Å²) in [7, 11) is 2.99. The van der Waals surface area contributed by atoms with Crippen molar-refractivity contribution in [2.24, 2.45) is 11.1 Å². The summed E-state index contributed by atoms with van der Waals surface area (Å²) < 4.78 is 10.4. The molecule has 2 N–H and O–H groups in total. The second-order valence-corrected chi connectivity index (χ2v) is 6.69. The second-order valence-electron chi connectivity index (χ2n) is 6.69. The van der Waals surface area contributed by atoms with Gasteiger partial charge in [0.15, 0.2) is 11.5 Å². The molecule has 1 unspecified atom stereocenters. The molecule has 1 heterocycles. The van der Waals surface area contributed by atoms with Gasteiger partial charge in [-0.1, -0.05) is 13.8 Å². The van der Waals surface area contributed by atoms with Crippen molar-refractivity contribution in [3.05, 3.63) is 27.8 Å². The summed E-state index contributed by atoms with van der Waals surface area (Å²) in [5, 5.41) is 11.4. The molecule has 2 rings (SSSR count). The Hall–Kier alpha value is -1.57. The highest BCUT2D eigenvalue weighted by molar-refractivity contribution is 5.85. The average molecular weight is 360 g/mol. The Bertz CT molecular complexity index is 595. The molecular formula is C16H26ClN3O4. The van der Waals surface area contributed by atoms with Crippen molar-refractivity contribution in [2.75, 3.05) is 27.3 Å². The Kier molecular flexibility index (Phi) is 6.83. The number of nitrogens with zero attached hydrogens (tertiary/aromatic N) is 2. The van der Waals surface area contributed by atoms with E-state index in [0.29, 0.717) is 23.6 Å². The second kappa shape index (κ2) is 8.00. The topological polar surface area (TPSA) is 90.9 Å². The lowest BCUT2D eigenvalue weighted by Gasteiger charge is -2.42. The largest absolute Gasteiger partial charge is 0.493 e. The fourth-order valence-electron chi connectivity index (χ4n) is 3.07. The van der Waals surface area contributed by atoms with Crippen molar-refractivity contribution in [2.45, 2.75) is 32.9 Å². The number of hydrogen-bond acceptors (Lipinski definition) is 6. The Balaban J connectivity index is 0.00000288. The predicted molar refractivity (Wildman–Crippen MR) is 95.1 cm³/mol. The first-order valence-electron chi connectivity index (χ1n) is 7.65. The highest BCUT2D eigenvalue weighted by atomic mass is 35.5. The highest BCUT2D eigenvalue weighted by Crippen LogP contribution is 2.36. The first-order chi connectivity index (χ1) is 10.8. The van der Waals surface area contributed by atoms with Gasteiger partial charge in [0.25, 0.3) is 5.69 Å². The molecule has 0 saturated carbocycles. The van der Waals surface area contributed by atoms with Crippen LogP contribution in [0, 0.1) is 15.5 Å². The van der Waals surface area contributed by atoms with Crippen LogP contribution >= 0.6 is 12.4 Å². The zero-order chi connectivity index (χ0) is 17.2. The van der Waals surface area contributed by atoms with Crippen LogP contribution in [0.5, 0.6) is 11.5 Å². The molecule has 0 spiro atoms. The molecule has 1 saturated heterocycles. The lowest BCUT2D eigenvalue weighted by molar-refractivity contribution is -0.385. The molecule has 136 valence electrons. The first kappa shape index (κ1) is 20.5. The van der Waals surface area contributed by atoms with Gasteiger partial charge < -0.3 is 15.2 Å². The molecule has 0 amide bonds. The number of nitro benzene ring substituents is 1. The molecule has 24 heavy (non-hydrogen) atoms. The third kappa shape index (κ3) is 4.28. The maximum atomic E-state index is 11.4. The van der Waals surface area contributed by atoms with E-state index in [1.807, 2.05) is 0 Å². The van der Waals surface area contributed by atoms with Crippen LogP contribution in [0.2, 0.25) is 0 Å². The summed E-state index contributed by atoms with van der Waals surface area (Å²) in [6, 6.07) is 3.27. The van der Waals surface area contributed by atoms with Crippen LogP contribution in [-0.4, -0.2) is 43.2 Å². The zero-order valence-electron chi connectivity index (χ0n) is 14.6. The number of likely N-dealkylation sites (tertiary alicyclic amines) is 1. The molecule has 7 nitrogen and oxygen atoms in total. The van der Waals surface area contributed by atoms with Crippen LogP contribution in [0.1, 0.15) is 25.8 Å². The molecule has 1 aromatic rings. The molecule has 0 bridgehead atoms. The number of nitro groups is 1. The van der Waals surface area contributed by atoms with Gasteiger partial charge in [-0.3, -0.25) is 15.0 Å². The summed E-state index contributed by atoms with van der Waals surface area (Å²) in [5.74, 6) is 0.866. The van der Waals surface area contributed by atoms with Crippen molar-refractivity contribution in [3.8, 4) is 11.5 Å². The minimum absolute atomic E-state index is 0. The van der Waals surface area contributed by atoms with Crippen LogP contribution in [0.15, 0.2) is 12.1 Å². The van der Waals surface area contributed by atoms with E-state index in [4.69, 9.17) is 15.2 Å². The molecule has 1 aromatic carbocycles.